The van der Waals surface area contributed by atoms with Crippen molar-refractivity contribution in [3.05, 3.63) is 0 Å². The van der Waals surface area contributed by atoms with E-state index < -0.39 is 0 Å². The first-order chi connectivity index (χ1) is 3.45. The fraction of sp³-hybridized carbons (Fsp3) is 1.00. The lowest BCUT2D eigenvalue weighted by Gasteiger charge is -1.83. The van der Waals surface area contributed by atoms with Crippen LogP contribution in [0, 0.1) is 5.92 Å². The van der Waals surface area contributed by atoms with Crippen molar-refractivity contribution in [1.82, 2.24) is 0 Å². The monoisotopic (exact) mass is 98.1 g/mol. The predicted octanol–water partition coefficient (Wildman–Crippen LogP) is 1.19. The van der Waals surface area contributed by atoms with Gasteiger partial charge in [0.1, 0.15) is 0 Å². The molecule has 1 saturated heterocycles. The summed E-state index contributed by atoms with van der Waals surface area (Å²) in [6, 6.07) is 0. The van der Waals surface area contributed by atoms with Gasteiger partial charge in [-0.05, 0) is 12.3 Å². The molecule has 0 aromatic heterocycles. The molecular weight excluding hydrogens is 88.1 g/mol. The van der Waals surface area contributed by atoms with Crippen LogP contribution >= 0.6 is 0 Å². The maximum atomic E-state index is 5.06. The van der Waals surface area contributed by atoms with Crippen LogP contribution in [0.15, 0.2) is 0 Å². The molecular formula is C6H10O. The Balaban J connectivity index is 1.69. The quantitative estimate of drug-likeness (QED) is 0.472. The zero-order valence-corrected chi connectivity index (χ0v) is 4.39. The molecule has 0 aromatic rings. The van der Waals surface area contributed by atoms with Gasteiger partial charge in [0.25, 0.3) is 0 Å². The minimum Gasteiger partial charge on any atom is -0.373 e. The van der Waals surface area contributed by atoms with Crippen LogP contribution in [0.5, 0.6) is 0 Å². The second kappa shape index (κ2) is 1.22. The average molecular weight is 98.1 g/mol. The SMILES string of the molecule is C1CC1C[C@@H]1CO1. The molecule has 1 saturated carbocycles. The van der Waals surface area contributed by atoms with E-state index in [1.807, 2.05) is 0 Å². The van der Waals surface area contributed by atoms with Crippen molar-refractivity contribution in [2.45, 2.75) is 25.4 Å². The second-order valence-electron chi connectivity index (χ2n) is 2.63. The Kier molecular flexibility index (Phi) is 0.680. The van der Waals surface area contributed by atoms with Crippen LogP contribution in [0.2, 0.25) is 0 Å². The average Bonchev–Trinajstić information content (AvgIpc) is 2.33. The molecule has 1 atom stereocenters. The summed E-state index contributed by atoms with van der Waals surface area (Å²) in [4.78, 5) is 0. The molecule has 0 bridgehead atoms. The van der Waals surface area contributed by atoms with Gasteiger partial charge in [-0.15, -0.1) is 0 Å². The molecule has 0 spiro atoms. The van der Waals surface area contributed by atoms with Crippen molar-refractivity contribution in [3.8, 4) is 0 Å². The minimum atomic E-state index is 0.687. The first-order valence-electron chi connectivity index (χ1n) is 3.07. The van der Waals surface area contributed by atoms with Gasteiger partial charge in [-0.3, -0.25) is 0 Å². The summed E-state index contributed by atoms with van der Waals surface area (Å²) >= 11 is 0. The Hall–Kier alpha value is -0.0400. The van der Waals surface area contributed by atoms with Gasteiger partial charge in [-0.25, -0.2) is 0 Å². The molecule has 1 aliphatic heterocycles. The van der Waals surface area contributed by atoms with Crippen LogP contribution in [0.4, 0.5) is 0 Å². The Labute approximate surface area is 43.7 Å². The van der Waals surface area contributed by atoms with E-state index in [-0.39, 0.29) is 0 Å². The minimum absolute atomic E-state index is 0.687. The summed E-state index contributed by atoms with van der Waals surface area (Å²) < 4.78 is 5.06. The number of rotatable bonds is 2. The molecule has 0 N–H and O–H groups in total. The Bertz CT molecular complexity index is 62.2. The summed E-state index contributed by atoms with van der Waals surface area (Å²) in [5.74, 6) is 1.06. The summed E-state index contributed by atoms with van der Waals surface area (Å²) in [6.07, 6.45) is 4.99. The van der Waals surface area contributed by atoms with Crippen LogP contribution in [-0.4, -0.2) is 12.7 Å². The van der Waals surface area contributed by atoms with Crippen molar-refractivity contribution in [1.29, 1.82) is 0 Å². The van der Waals surface area contributed by atoms with Gasteiger partial charge in [0, 0.05) is 0 Å². The zero-order valence-electron chi connectivity index (χ0n) is 4.39. The third kappa shape index (κ3) is 0.942. The van der Waals surface area contributed by atoms with Crippen molar-refractivity contribution in [2.75, 3.05) is 6.61 Å². The van der Waals surface area contributed by atoms with E-state index in [0.29, 0.717) is 6.10 Å². The zero-order chi connectivity index (χ0) is 4.69. The predicted molar refractivity (Wildman–Crippen MR) is 27.1 cm³/mol. The van der Waals surface area contributed by atoms with Gasteiger partial charge in [-0.2, -0.15) is 0 Å². The molecule has 0 amide bonds. The van der Waals surface area contributed by atoms with E-state index in [9.17, 15) is 0 Å². The van der Waals surface area contributed by atoms with Crippen LogP contribution < -0.4 is 0 Å². The van der Waals surface area contributed by atoms with E-state index >= 15 is 0 Å². The third-order valence-corrected chi connectivity index (χ3v) is 1.70. The highest BCUT2D eigenvalue weighted by Crippen LogP contribution is 2.36. The van der Waals surface area contributed by atoms with Crippen LogP contribution in [0.3, 0.4) is 0 Å². The summed E-state index contributed by atoms with van der Waals surface area (Å²) in [7, 11) is 0. The highest BCUT2D eigenvalue weighted by molar-refractivity contribution is 4.81. The lowest BCUT2D eigenvalue weighted by atomic mass is 10.2. The smallest absolute Gasteiger partial charge is 0.0812 e. The standard InChI is InChI=1S/C6H10O/c1-2-5(1)3-6-4-7-6/h5-6H,1-4H2/t6-/m1/s1. The van der Waals surface area contributed by atoms with E-state index in [1.165, 1.54) is 19.3 Å². The summed E-state index contributed by atoms with van der Waals surface area (Å²) in [5.41, 5.74) is 0. The topological polar surface area (TPSA) is 12.5 Å². The number of ether oxygens (including phenoxy) is 1. The third-order valence-electron chi connectivity index (χ3n) is 1.70. The molecule has 1 heteroatoms. The molecule has 1 heterocycles. The molecule has 2 aliphatic rings. The first-order valence-corrected chi connectivity index (χ1v) is 3.07. The largest absolute Gasteiger partial charge is 0.373 e. The Morgan fingerprint density at radius 1 is 1.43 bits per heavy atom. The highest BCUT2D eigenvalue weighted by atomic mass is 16.6. The van der Waals surface area contributed by atoms with Gasteiger partial charge in [0.2, 0.25) is 0 Å². The number of hydrogen-bond acceptors (Lipinski definition) is 1. The highest BCUT2D eigenvalue weighted by Gasteiger charge is 2.31. The maximum Gasteiger partial charge on any atom is 0.0812 e. The van der Waals surface area contributed by atoms with E-state index in [1.54, 1.807) is 0 Å². The van der Waals surface area contributed by atoms with Crippen molar-refractivity contribution >= 4 is 0 Å². The van der Waals surface area contributed by atoms with E-state index in [2.05, 4.69) is 0 Å². The normalized spacial score (nSPS) is 38.6. The fourth-order valence-corrected chi connectivity index (χ4v) is 0.929. The van der Waals surface area contributed by atoms with Gasteiger partial charge in [-0.1, -0.05) is 12.8 Å². The van der Waals surface area contributed by atoms with Crippen LogP contribution in [-0.2, 0) is 4.74 Å². The molecule has 7 heavy (non-hydrogen) atoms. The molecule has 0 radical (unpaired) electrons. The maximum absolute atomic E-state index is 5.06. The lowest BCUT2D eigenvalue weighted by molar-refractivity contribution is 0.387. The summed E-state index contributed by atoms with van der Waals surface area (Å²) in [6.45, 7) is 1.05. The van der Waals surface area contributed by atoms with Crippen molar-refractivity contribution < 1.29 is 4.74 Å². The van der Waals surface area contributed by atoms with Crippen molar-refractivity contribution in [2.24, 2.45) is 5.92 Å². The molecule has 1 aliphatic carbocycles. The number of epoxide rings is 1. The molecule has 0 unspecified atom stereocenters. The molecule has 1 nitrogen and oxygen atoms in total. The van der Waals surface area contributed by atoms with Crippen LogP contribution in [0.1, 0.15) is 19.3 Å². The van der Waals surface area contributed by atoms with Gasteiger partial charge in [0.15, 0.2) is 0 Å². The van der Waals surface area contributed by atoms with Crippen molar-refractivity contribution in [3.63, 3.8) is 0 Å². The van der Waals surface area contributed by atoms with Gasteiger partial charge < -0.3 is 4.74 Å². The molecule has 0 aromatic carbocycles. The Morgan fingerprint density at radius 2 is 2.14 bits per heavy atom. The fourth-order valence-electron chi connectivity index (χ4n) is 0.929. The number of hydrogen-bond donors (Lipinski definition) is 0. The lowest BCUT2D eigenvalue weighted by Crippen LogP contribution is -1.84. The first kappa shape index (κ1) is 3.90. The molecule has 40 valence electrons. The Morgan fingerprint density at radius 3 is 2.57 bits per heavy atom. The van der Waals surface area contributed by atoms with E-state index in [0.717, 1.165) is 12.5 Å². The van der Waals surface area contributed by atoms with Gasteiger partial charge >= 0.3 is 0 Å². The van der Waals surface area contributed by atoms with E-state index in [4.69, 9.17) is 4.74 Å². The van der Waals surface area contributed by atoms with Crippen LogP contribution in [0.25, 0.3) is 0 Å². The van der Waals surface area contributed by atoms with Gasteiger partial charge in [0.05, 0.1) is 12.7 Å². The molecule has 2 fully saturated rings. The molecule has 2 rings (SSSR count). The second-order valence-corrected chi connectivity index (χ2v) is 2.63. The summed E-state index contributed by atoms with van der Waals surface area (Å²) in [5, 5.41) is 0.